The molecule has 0 aromatic heterocycles. The van der Waals surface area contributed by atoms with E-state index in [1.54, 1.807) is 29.2 Å². The van der Waals surface area contributed by atoms with Crippen LogP contribution in [-0.4, -0.2) is 41.0 Å². The van der Waals surface area contributed by atoms with Crippen LogP contribution in [-0.2, 0) is 20.9 Å². The van der Waals surface area contributed by atoms with Gasteiger partial charge < -0.3 is 16.0 Å². The molecule has 0 aliphatic carbocycles. The van der Waals surface area contributed by atoms with Gasteiger partial charge in [-0.25, -0.2) is 0 Å². The Morgan fingerprint density at radius 1 is 1.05 bits per heavy atom. The van der Waals surface area contributed by atoms with Crippen LogP contribution in [0.2, 0.25) is 0 Å². The summed E-state index contributed by atoms with van der Waals surface area (Å²) in [6.07, 6.45) is 4.54. The molecule has 38 heavy (non-hydrogen) atoms. The number of benzene rings is 2. The third-order valence-electron chi connectivity index (χ3n) is 7.03. The van der Waals surface area contributed by atoms with Crippen molar-refractivity contribution in [2.45, 2.75) is 58.5 Å². The van der Waals surface area contributed by atoms with Crippen molar-refractivity contribution >= 4 is 23.5 Å². The summed E-state index contributed by atoms with van der Waals surface area (Å²) in [5.74, 6) is -2.21. The van der Waals surface area contributed by atoms with Gasteiger partial charge >= 0.3 is 0 Å². The summed E-state index contributed by atoms with van der Waals surface area (Å²) < 4.78 is 0. The summed E-state index contributed by atoms with van der Waals surface area (Å²) in [7, 11) is 0. The minimum Gasteiger partial charge on any atom is -0.369 e. The number of rotatable bonds is 12. The number of nitrogens with one attached hydrogen (secondary N) is 1. The highest BCUT2D eigenvalue weighted by molar-refractivity contribution is 6.09. The van der Waals surface area contributed by atoms with Gasteiger partial charge in [0.2, 0.25) is 17.7 Å². The van der Waals surface area contributed by atoms with Crippen LogP contribution >= 0.6 is 0 Å². The van der Waals surface area contributed by atoms with E-state index in [0.29, 0.717) is 43.5 Å². The van der Waals surface area contributed by atoms with Crippen LogP contribution in [0.5, 0.6) is 0 Å². The van der Waals surface area contributed by atoms with Gasteiger partial charge in [-0.1, -0.05) is 68.5 Å². The molecule has 7 heteroatoms. The number of likely N-dealkylation sites (tertiary alicyclic amines) is 1. The van der Waals surface area contributed by atoms with Gasteiger partial charge in [-0.2, -0.15) is 0 Å². The molecule has 1 saturated heterocycles. The molecule has 1 fully saturated rings. The van der Waals surface area contributed by atoms with Gasteiger partial charge in [0.15, 0.2) is 5.78 Å². The third-order valence-corrected chi connectivity index (χ3v) is 7.03. The summed E-state index contributed by atoms with van der Waals surface area (Å²) in [5.41, 5.74) is 7.66. The molecule has 3 atom stereocenters. The highest BCUT2D eigenvalue weighted by Crippen LogP contribution is 2.25. The van der Waals surface area contributed by atoms with Gasteiger partial charge in [0.05, 0.1) is 11.8 Å². The zero-order valence-corrected chi connectivity index (χ0v) is 22.4. The van der Waals surface area contributed by atoms with E-state index in [9.17, 15) is 19.2 Å². The second-order valence-corrected chi connectivity index (χ2v) is 10.5. The van der Waals surface area contributed by atoms with Crippen LogP contribution < -0.4 is 11.1 Å². The van der Waals surface area contributed by atoms with E-state index in [4.69, 9.17) is 5.73 Å². The average molecular weight is 518 g/mol. The molecule has 3 amide bonds. The first-order valence-electron chi connectivity index (χ1n) is 13.4. The molecule has 7 nitrogen and oxygen atoms in total. The highest BCUT2D eigenvalue weighted by atomic mass is 16.2. The topological polar surface area (TPSA) is 110 Å². The van der Waals surface area contributed by atoms with Crippen LogP contribution in [0, 0.1) is 17.8 Å². The molecule has 1 aliphatic heterocycles. The van der Waals surface area contributed by atoms with Crippen molar-refractivity contribution in [3.8, 4) is 0 Å². The second-order valence-electron chi connectivity index (χ2n) is 10.5. The first-order valence-corrected chi connectivity index (χ1v) is 13.4. The summed E-state index contributed by atoms with van der Waals surface area (Å²) in [6, 6.07) is 15.7. The Labute approximate surface area is 225 Å². The maximum atomic E-state index is 13.5. The molecule has 202 valence electrons. The molecule has 0 unspecified atom stereocenters. The van der Waals surface area contributed by atoms with Gasteiger partial charge in [0.25, 0.3) is 0 Å². The number of hydrogen-bond acceptors (Lipinski definition) is 4. The Hall–Kier alpha value is -3.74. The molecule has 0 bridgehead atoms. The second kappa shape index (κ2) is 13.7. The lowest BCUT2D eigenvalue weighted by molar-refractivity contribution is -0.139. The van der Waals surface area contributed by atoms with E-state index >= 15 is 0 Å². The molecule has 3 rings (SSSR count). The predicted octanol–water partition coefficient (Wildman–Crippen LogP) is 4.25. The highest BCUT2D eigenvalue weighted by Gasteiger charge is 2.35. The summed E-state index contributed by atoms with van der Waals surface area (Å²) in [5, 5.41) is 2.95. The van der Waals surface area contributed by atoms with Crippen molar-refractivity contribution in [3.63, 3.8) is 0 Å². The number of carbonyl (C=O) groups is 4. The van der Waals surface area contributed by atoms with Crippen molar-refractivity contribution in [1.82, 2.24) is 10.2 Å². The lowest BCUT2D eigenvalue weighted by atomic mass is 9.82. The standard InChI is InChI=1S/C31H39N3O4/c1-4-11-25(29(32)36)26(18-21(2)3)30(37)33-27-16-8-9-17-34(31(27)38)20-22-12-10-15-24(19-22)28(35)23-13-6-5-7-14-23/h4-7,10,12-15,19,21,25-27H,1,8-9,11,16-18,20H2,2-3H3,(H2,32,36)(H,33,37)/t25-,26-,27-/m0/s1. The number of nitrogens with two attached hydrogens (primary N) is 1. The molecule has 0 spiro atoms. The number of nitrogens with zero attached hydrogens (tertiary/aromatic N) is 1. The van der Waals surface area contributed by atoms with E-state index in [1.165, 1.54) is 0 Å². The van der Waals surface area contributed by atoms with Crippen molar-refractivity contribution in [3.05, 3.63) is 83.9 Å². The summed E-state index contributed by atoms with van der Waals surface area (Å²) >= 11 is 0. The van der Waals surface area contributed by atoms with E-state index in [0.717, 1.165) is 18.4 Å². The minimum absolute atomic E-state index is 0.0699. The monoisotopic (exact) mass is 517 g/mol. The summed E-state index contributed by atoms with van der Waals surface area (Å²) in [4.78, 5) is 53.7. The van der Waals surface area contributed by atoms with Crippen LogP contribution in [0.4, 0.5) is 0 Å². The Balaban J connectivity index is 1.75. The number of allylic oxidation sites excluding steroid dienone is 1. The van der Waals surface area contributed by atoms with Crippen molar-refractivity contribution in [1.29, 1.82) is 0 Å². The lowest BCUT2D eigenvalue weighted by Gasteiger charge is -2.29. The predicted molar refractivity (Wildman–Crippen MR) is 148 cm³/mol. The third kappa shape index (κ3) is 7.63. The first-order chi connectivity index (χ1) is 18.2. The molecule has 3 N–H and O–H groups in total. The number of amides is 3. The smallest absolute Gasteiger partial charge is 0.245 e. The van der Waals surface area contributed by atoms with Crippen molar-refractivity contribution < 1.29 is 19.2 Å². The molecule has 2 aromatic rings. The normalized spacial score (nSPS) is 17.4. The average Bonchev–Trinajstić information content (AvgIpc) is 3.07. The first kappa shape index (κ1) is 28.8. The largest absolute Gasteiger partial charge is 0.369 e. The fraction of sp³-hybridized carbons (Fsp3) is 0.419. The molecule has 0 saturated carbocycles. The van der Waals surface area contributed by atoms with Gasteiger partial charge in [-0.15, -0.1) is 6.58 Å². The zero-order chi connectivity index (χ0) is 27.7. The molecule has 1 heterocycles. The summed E-state index contributed by atoms with van der Waals surface area (Å²) in [6.45, 7) is 8.59. The quantitative estimate of drug-likeness (QED) is 0.324. The van der Waals surface area contributed by atoms with Crippen LogP contribution in [0.1, 0.15) is 67.4 Å². The molecule has 2 aromatic carbocycles. The lowest BCUT2D eigenvalue weighted by Crippen LogP contribution is -2.50. The van der Waals surface area contributed by atoms with Crippen LogP contribution in [0.25, 0.3) is 0 Å². The maximum Gasteiger partial charge on any atom is 0.245 e. The van der Waals surface area contributed by atoms with E-state index in [-0.39, 0.29) is 23.5 Å². The van der Waals surface area contributed by atoms with Gasteiger partial charge in [-0.3, -0.25) is 19.2 Å². The SMILES string of the molecule is C=CC[C@H](C(N)=O)[C@H](CC(C)C)C(=O)N[C@H]1CCCCN(Cc2cccc(C(=O)c3ccccc3)c2)C1=O. The minimum atomic E-state index is -0.675. The fourth-order valence-electron chi connectivity index (χ4n) is 5.08. The van der Waals surface area contributed by atoms with Crippen molar-refractivity contribution in [2.24, 2.45) is 23.5 Å². The van der Waals surface area contributed by atoms with Gasteiger partial charge in [0.1, 0.15) is 6.04 Å². The molecular weight excluding hydrogens is 478 g/mol. The Bertz CT molecular complexity index is 1140. The molecule has 1 aliphatic rings. The molecular formula is C31H39N3O4. The van der Waals surface area contributed by atoms with Crippen LogP contribution in [0.15, 0.2) is 67.3 Å². The van der Waals surface area contributed by atoms with E-state index in [1.807, 2.05) is 50.2 Å². The fourth-order valence-corrected chi connectivity index (χ4v) is 5.08. The maximum absolute atomic E-state index is 13.5. The zero-order valence-electron chi connectivity index (χ0n) is 22.4. The van der Waals surface area contributed by atoms with Crippen LogP contribution in [0.3, 0.4) is 0 Å². The Morgan fingerprint density at radius 2 is 1.76 bits per heavy atom. The van der Waals surface area contributed by atoms with Crippen molar-refractivity contribution in [2.75, 3.05) is 6.54 Å². The number of carbonyl (C=O) groups excluding carboxylic acids is 4. The Kier molecular flexibility index (Phi) is 10.4. The van der Waals surface area contributed by atoms with E-state index in [2.05, 4.69) is 11.9 Å². The number of ketones is 1. The van der Waals surface area contributed by atoms with Gasteiger partial charge in [-0.05, 0) is 49.7 Å². The number of primary amides is 1. The number of hydrogen-bond donors (Lipinski definition) is 2. The van der Waals surface area contributed by atoms with Gasteiger partial charge in [0, 0.05) is 24.2 Å². The van der Waals surface area contributed by atoms with E-state index < -0.39 is 23.8 Å². The Morgan fingerprint density at radius 3 is 2.42 bits per heavy atom. The molecule has 0 radical (unpaired) electrons.